The Morgan fingerprint density at radius 3 is 2.80 bits per heavy atom. The van der Waals surface area contributed by atoms with Gasteiger partial charge >= 0.3 is 0 Å². The normalized spacial score (nSPS) is 20.7. The number of rotatable bonds is 2. The Labute approximate surface area is 118 Å². The van der Waals surface area contributed by atoms with Gasteiger partial charge in [-0.1, -0.05) is 6.07 Å². The summed E-state index contributed by atoms with van der Waals surface area (Å²) in [5, 5.41) is 9.19. The summed E-state index contributed by atoms with van der Waals surface area (Å²) in [5.74, 6) is 0.735. The molecule has 0 spiro atoms. The molecular formula is C15H20N2O3. The number of aliphatic hydroxyl groups excluding tert-OH is 1. The molecule has 2 heterocycles. The van der Waals surface area contributed by atoms with Gasteiger partial charge in [-0.05, 0) is 50.7 Å². The first kappa shape index (κ1) is 13.4. The number of ether oxygens (including phenoxy) is 1. The Hall–Kier alpha value is -1.59. The summed E-state index contributed by atoms with van der Waals surface area (Å²) in [4.78, 5) is 16.4. The highest BCUT2D eigenvalue weighted by Crippen LogP contribution is 2.36. The molecule has 1 N–H and O–H groups in total. The fourth-order valence-electron chi connectivity index (χ4n) is 2.97. The van der Waals surface area contributed by atoms with Crippen LogP contribution in [0.4, 0.5) is 5.69 Å². The molecule has 0 aliphatic carbocycles. The highest BCUT2D eigenvalue weighted by atomic mass is 16.5. The molecule has 0 radical (unpaired) electrons. The van der Waals surface area contributed by atoms with Crippen molar-refractivity contribution in [3.63, 3.8) is 0 Å². The molecule has 3 rings (SSSR count). The van der Waals surface area contributed by atoms with Gasteiger partial charge in [-0.15, -0.1) is 0 Å². The van der Waals surface area contributed by atoms with Crippen LogP contribution in [0.3, 0.4) is 0 Å². The van der Waals surface area contributed by atoms with E-state index in [0.717, 1.165) is 37.2 Å². The van der Waals surface area contributed by atoms with Gasteiger partial charge in [0.25, 0.3) is 5.91 Å². The van der Waals surface area contributed by atoms with E-state index in [4.69, 9.17) is 4.74 Å². The lowest BCUT2D eigenvalue weighted by Gasteiger charge is -2.39. The van der Waals surface area contributed by atoms with E-state index in [1.165, 1.54) is 0 Å². The quantitative estimate of drug-likeness (QED) is 0.875. The number of carbonyl (C=O) groups excluding carboxylic acids is 1. The van der Waals surface area contributed by atoms with Crippen LogP contribution in [0, 0.1) is 0 Å². The molecule has 1 amide bonds. The Morgan fingerprint density at radius 1 is 1.35 bits per heavy atom. The summed E-state index contributed by atoms with van der Waals surface area (Å²) in [6.07, 6.45) is 1.98. The molecule has 108 valence electrons. The van der Waals surface area contributed by atoms with Crippen molar-refractivity contribution >= 4 is 11.6 Å². The lowest BCUT2D eigenvalue weighted by Crippen LogP contribution is -2.50. The third-order valence-electron chi connectivity index (χ3n) is 4.14. The third-order valence-corrected chi connectivity index (χ3v) is 4.14. The van der Waals surface area contributed by atoms with Crippen LogP contribution >= 0.6 is 0 Å². The molecule has 0 unspecified atom stereocenters. The van der Waals surface area contributed by atoms with Crippen molar-refractivity contribution in [1.29, 1.82) is 0 Å². The maximum Gasteiger partial charge on any atom is 0.265 e. The van der Waals surface area contributed by atoms with Crippen molar-refractivity contribution in [1.82, 2.24) is 4.90 Å². The molecule has 5 nitrogen and oxygen atoms in total. The number of fused-ring (bicyclic) bond motifs is 1. The minimum absolute atomic E-state index is 0.0151. The predicted octanol–water partition coefficient (Wildman–Crippen LogP) is 0.998. The zero-order chi connectivity index (χ0) is 14.1. The first-order chi connectivity index (χ1) is 9.69. The third kappa shape index (κ3) is 2.39. The number of hydrogen-bond donors (Lipinski definition) is 1. The van der Waals surface area contributed by atoms with Gasteiger partial charge in [-0.2, -0.15) is 0 Å². The summed E-state index contributed by atoms with van der Waals surface area (Å²) >= 11 is 0. The molecule has 0 aromatic heterocycles. The van der Waals surface area contributed by atoms with Gasteiger partial charge in [0, 0.05) is 6.04 Å². The second-order valence-corrected chi connectivity index (χ2v) is 5.55. The minimum atomic E-state index is -0.0151. The second kappa shape index (κ2) is 5.42. The molecule has 1 saturated heterocycles. The van der Waals surface area contributed by atoms with E-state index in [1.807, 2.05) is 23.1 Å². The van der Waals surface area contributed by atoms with Gasteiger partial charge < -0.3 is 19.6 Å². The molecule has 2 aliphatic rings. The molecule has 1 aromatic rings. The number of benzene rings is 1. The zero-order valence-electron chi connectivity index (χ0n) is 11.7. The summed E-state index contributed by atoms with van der Waals surface area (Å²) < 4.78 is 5.51. The topological polar surface area (TPSA) is 53.0 Å². The van der Waals surface area contributed by atoms with E-state index < -0.39 is 0 Å². The molecule has 0 bridgehead atoms. The van der Waals surface area contributed by atoms with Gasteiger partial charge in [-0.25, -0.2) is 0 Å². The molecule has 2 aliphatic heterocycles. The molecule has 20 heavy (non-hydrogen) atoms. The van der Waals surface area contributed by atoms with E-state index in [1.54, 1.807) is 0 Å². The van der Waals surface area contributed by atoms with Crippen LogP contribution in [0.25, 0.3) is 0 Å². The fraction of sp³-hybridized carbons (Fsp3) is 0.533. The lowest BCUT2D eigenvalue weighted by molar-refractivity contribution is -0.122. The van der Waals surface area contributed by atoms with Gasteiger partial charge in [0.15, 0.2) is 6.61 Å². The Balaban J connectivity index is 1.89. The summed E-state index contributed by atoms with van der Waals surface area (Å²) in [6.45, 7) is 2.10. The highest BCUT2D eigenvalue weighted by molar-refractivity contribution is 5.98. The first-order valence-electron chi connectivity index (χ1n) is 7.06. The van der Waals surface area contributed by atoms with Gasteiger partial charge in [-0.3, -0.25) is 4.79 Å². The number of anilines is 1. The molecule has 1 aromatic carbocycles. The Kier molecular flexibility index (Phi) is 3.63. The number of likely N-dealkylation sites (tertiary alicyclic amines) is 1. The summed E-state index contributed by atoms with van der Waals surface area (Å²) in [7, 11) is 2.11. The van der Waals surface area contributed by atoms with Gasteiger partial charge in [0.2, 0.25) is 0 Å². The number of aliphatic hydroxyl groups is 1. The first-order valence-corrected chi connectivity index (χ1v) is 7.06. The zero-order valence-corrected chi connectivity index (χ0v) is 11.7. The van der Waals surface area contributed by atoms with Crippen LogP contribution in [-0.4, -0.2) is 48.7 Å². The van der Waals surface area contributed by atoms with Crippen LogP contribution < -0.4 is 9.64 Å². The number of hydrogen-bond acceptors (Lipinski definition) is 4. The van der Waals surface area contributed by atoms with E-state index in [0.29, 0.717) is 5.75 Å². The van der Waals surface area contributed by atoms with Crippen molar-refractivity contribution in [2.45, 2.75) is 25.5 Å². The lowest BCUT2D eigenvalue weighted by atomic mass is 10.0. The maximum atomic E-state index is 12.2. The number of piperidine rings is 1. The Bertz CT molecular complexity index is 510. The van der Waals surface area contributed by atoms with Crippen LogP contribution in [0.1, 0.15) is 18.4 Å². The average molecular weight is 276 g/mol. The molecule has 0 atom stereocenters. The monoisotopic (exact) mass is 276 g/mol. The fourth-order valence-corrected chi connectivity index (χ4v) is 2.97. The van der Waals surface area contributed by atoms with E-state index in [9.17, 15) is 9.90 Å². The summed E-state index contributed by atoms with van der Waals surface area (Å²) in [5.41, 5.74) is 1.65. The largest absolute Gasteiger partial charge is 0.482 e. The minimum Gasteiger partial charge on any atom is -0.482 e. The van der Waals surface area contributed by atoms with Crippen molar-refractivity contribution in [2.24, 2.45) is 0 Å². The van der Waals surface area contributed by atoms with Crippen LogP contribution in [0.2, 0.25) is 0 Å². The van der Waals surface area contributed by atoms with Crippen LogP contribution in [0.5, 0.6) is 5.75 Å². The average Bonchev–Trinajstić information content (AvgIpc) is 2.48. The maximum absolute atomic E-state index is 12.2. The predicted molar refractivity (Wildman–Crippen MR) is 75.9 cm³/mol. The van der Waals surface area contributed by atoms with E-state index >= 15 is 0 Å². The SMILES string of the molecule is CN1CCC(N2C(=O)COc3cc(CO)ccc32)CC1. The van der Waals surface area contributed by atoms with Crippen molar-refractivity contribution < 1.29 is 14.6 Å². The standard InChI is InChI=1S/C15H20N2O3/c1-16-6-4-12(5-7-16)17-13-3-2-11(9-18)8-14(13)20-10-15(17)19/h2-3,8,12,18H,4-7,9-10H2,1H3. The van der Waals surface area contributed by atoms with Crippen molar-refractivity contribution in [3.05, 3.63) is 23.8 Å². The molecule has 0 saturated carbocycles. The van der Waals surface area contributed by atoms with Gasteiger partial charge in [0.05, 0.1) is 12.3 Å². The van der Waals surface area contributed by atoms with Crippen molar-refractivity contribution in [3.8, 4) is 5.75 Å². The van der Waals surface area contributed by atoms with Crippen LogP contribution in [0.15, 0.2) is 18.2 Å². The number of carbonyl (C=O) groups is 1. The number of amides is 1. The summed E-state index contributed by atoms with van der Waals surface area (Å²) in [6, 6.07) is 5.81. The smallest absolute Gasteiger partial charge is 0.265 e. The molecule has 5 heteroatoms. The van der Waals surface area contributed by atoms with Crippen molar-refractivity contribution in [2.75, 3.05) is 31.6 Å². The molecular weight excluding hydrogens is 256 g/mol. The van der Waals surface area contributed by atoms with E-state index in [-0.39, 0.29) is 25.2 Å². The van der Waals surface area contributed by atoms with E-state index in [2.05, 4.69) is 11.9 Å². The van der Waals surface area contributed by atoms with Gasteiger partial charge in [0.1, 0.15) is 5.75 Å². The second-order valence-electron chi connectivity index (χ2n) is 5.55. The molecule has 1 fully saturated rings. The highest BCUT2D eigenvalue weighted by Gasteiger charge is 2.33. The van der Waals surface area contributed by atoms with Crippen LogP contribution in [-0.2, 0) is 11.4 Å². The Morgan fingerprint density at radius 2 is 2.10 bits per heavy atom. The number of nitrogens with zero attached hydrogens (tertiary/aromatic N) is 2.